The molecule has 2 aliphatic rings. The standard InChI is InChI=1S/2C11H17.2ClH.Zr/c2*1-3-5-10-7-8-11(9-10)6-4-2;;;/h2*7-9H,3-6H2,1-2H3;2*1H;/q;;;;+2/p-2. The smallest absolute Gasteiger partial charge is 1.00 e. The van der Waals surface area contributed by atoms with Crippen LogP contribution in [0.5, 0.6) is 0 Å². The summed E-state index contributed by atoms with van der Waals surface area (Å²) in [5, 5.41) is 0. The third kappa shape index (κ3) is 6.82. The molecule has 0 aromatic heterocycles. The van der Waals surface area contributed by atoms with Gasteiger partial charge in [-0.1, -0.05) is 0 Å². The Hall–Kier alpha value is 0.423. The largest absolute Gasteiger partial charge is 1.00 e. The third-order valence-corrected chi connectivity index (χ3v) is 9.99. The molecule has 3 heteroatoms. The van der Waals surface area contributed by atoms with E-state index in [4.69, 9.17) is 0 Å². The van der Waals surface area contributed by atoms with Crippen LogP contribution < -0.4 is 24.8 Å². The van der Waals surface area contributed by atoms with Crippen LogP contribution in [-0.4, -0.2) is 0 Å². The molecule has 0 saturated carbocycles. The number of halogens is 2. The molecule has 0 N–H and O–H groups in total. The number of allylic oxidation sites excluding steroid dienone is 8. The van der Waals surface area contributed by atoms with Gasteiger partial charge in [-0.05, 0) is 0 Å². The zero-order valence-corrected chi connectivity index (χ0v) is 20.3. The monoisotopic (exact) mass is 458 g/mol. The van der Waals surface area contributed by atoms with E-state index in [0.29, 0.717) is 6.25 Å². The van der Waals surface area contributed by atoms with E-state index in [2.05, 4.69) is 64.2 Å². The average Bonchev–Trinajstić information content (AvgIpc) is 3.06. The van der Waals surface area contributed by atoms with Gasteiger partial charge in [-0.3, -0.25) is 0 Å². The maximum atomic E-state index is 2.68. The van der Waals surface area contributed by atoms with E-state index in [-0.39, 0.29) is 24.8 Å². The summed E-state index contributed by atoms with van der Waals surface area (Å²) in [4.78, 5) is 0. The second kappa shape index (κ2) is 12.0. The Morgan fingerprint density at radius 1 is 0.680 bits per heavy atom. The summed E-state index contributed by atoms with van der Waals surface area (Å²) in [6.45, 7) is 9.31. The molecule has 2 atom stereocenters. The van der Waals surface area contributed by atoms with E-state index < -0.39 is 23.2 Å². The van der Waals surface area contributed by atoms with Crippen molar-refractivity contribution in [3.63, 3.8) is 0 Å². The van der Waals surface area contributed by atoms with Gasteiger partial charge in [0.05, 0.1) is 0 Å². The molecular weight excluding hydrogens is 426 g/mol. The molecule has 0 nitrogen and oxygen atoms in total. The zero-order valence-electron chi connectivity index (χ0n) is 16.4. The summed E-state index contributed by atoms with van der Waals surface area (Å²) in [5.41, 5.74) is 3.21. The molecule has 0 aromatic carbocycles. The second-order valence-corrected chi connectivity index (χ2v) is 12.5. The molecular formula is C22H34Cl2Zr. The van der Waals surface area contributed by atoms with Crippen molar-refractivity contribution in [1.82, 2.24) is 0 Å². The molecule has 0 spiro atoms. The van der Waals surface area contributed by atoms with Gasteiger partial charge in [0.25, 0.3) is 0 Å². The molecule has 2 aliphatic carbocycles. The molecule has 2 rings (SSSR count). The molecule has 0 saturated heterocycles. The average molecular weight is 461 g/mol. The van der Waals surface area contributed by atoms with Crippen LogP contribution in [0.2, 0.25) is 6.25 Å². The molecule has 0 radical (unpaired) electrons. The molecule has 140 valence electrons. The Balaban J connectivity index is 0.00000288. The second-order valence-electron chi connectivity index (χ2n) is 7.31. The first-order valence-corrected chi connectivity index (χ1v) is 12.2. The van der Waals surface area contributed by atoms with Crippen LogP contribution in [0.4, 0.5) is 0 Å². The Morgan fingerprint density at radius 2 is 1.08 bits per heavy atom. The van der Waals surface area contributed by atoms with Crippen molar-refractivity contribution in [2.45, 2.75) is 85.3 Å². The van der Waals surface area contributed by atoms with Crippen molar-refractivity contribution in [3.8, 4) is 0 Å². The maximum absolute atomic E-state index is 2.68. The van der Waals surface area contributed by atoms with Crippen LogP contribution in [0, 0.1) is 0 Å². The topological polar surface area (TPSA) is 0 Å². The normalized spacial score (nSPS) is 26.6. The summed E-state index contributed by atoms with van der Waals surface area (Å²) in [5.74, 6) is 0. The van der Waals surface area contributed by atoms with Gasteiger partial charge in [0.15, 0.2) is 0 Å². The fourth-order valence-corrected chi connectivity index (χ4v) is 10.2. The van der Waals surface area contributed by atoms with E-state index in [9.17, 15) is 0 Å². The molecule has 0 aliphatic heterocycles. The van der Waals surface area contributed by atoms with Crippen molar-refractivity contribution >= 4 is 0 Å². The van der Waals surface area contributed by atoms with Gasteiger partial charge >= 0.3 is 156 Å². The quantitative estimate of drug-likeness (QED) is 0.465. The molecule has 0 amide bonds. The predicted molar refractivity (Wildman–Crippen MR) is 99.5 cm³/mol. The third-order valence-electron chi connectivity index (χ3n) is 4.95. The van der Waals surface area contributed by atoms with E-state index >= 15 is 0 Å². The van der Waals surface area contributed by atoms with Crippen molar-refractivity contribution < 1.29 is 48.0 Å². The molecule has 2 unspecified atom stereocenters. The van der Waals surface area contributed by atoms with Crippen molar-refractivity contribution in [1.29, 1.82) is 0 Å². The predicted octanol–water partition coefficient (Wildman–Crippen LogP) is 1.59. The maximum Gasteiger partial charge on any atom is -1.00 e. The Labute approximate surface area is 180 Å². The van der Waals surface area contributed by atoms with Crippen LogP contribution in [0.25, 0.3) is 0 Å². The fourth-order valence-electron chi connectivity index (χ4n) is 4.11. The molecule has 0 heterocycles. The van der Waals surface area contributed by atoms with Crippen LogP contribution in [-0.2, 0) is 23.2 Å². The van der Waals surface area contributed by atoms with Gasteiger partial charge in [-0.15, -0.1) is 0 Å². The minimum atomic E-state index is -0.644. The Bertz CT molecular complexity index is 472. The molecule has 0 aromatic rings. The van der Waals surface area contributed by atoms with Crippen LogP contribution in [0.3, 0.4) is 0 Å². The minimum Gasteiger partial charge on any atom is -1.00 e. The number of hydrogen-bond acceptors (Lipinski definition) is 0. The van der Waals surface area contributed by atoms with Gasteiger partial charge in [0, 0.05) is 0 Å². The van der Waals surface area contributed by atoms with Gasteiger partial charge in [0.1, 0.15) is 0 Å². The Kier molecular flexibility index (Phi) is 12.2. The van der Waals surface area contributed by atoms with E-state index in [1.807, 2.05) is 0 Å². The molecule has 0 bridgehead atoms. The van der Waals surface area contributed by atoms with E-state index in [1.165, 1.54) is 51.4 Å². The fraction of sp³-hybridized carbons (Fsp3) is 0.636. The zero-order chi connectivity index (χ0) is 16.8. The summed E-state index contributed by atoms with van der Waals surface area (Å²) in [6, 6.07) is 0. The van der Waals surface area contributed by atoms with E-state index in [0.717, 1.165) is 0 Å². The molecule has 25 heavy (non-hydrogen) atoms. The minimum absolute atomic E-state index is 0. The molecule has 0 fully saturated rings. The summed E-state index contributed by atoms with van der Waals surface area (Å²) in [7, 11) is 0. The van der Waals surface area contributed by atoms with Gasteiger partial charge in [-0.25, -0.2) is 0 Å². The summed E-state index contributed by atoms with van der Waals surface area (Å²) < 4.78 is 0.917. The summed E-state index contributed by atoms with van der Waals surface area (Å²) >= 11 is -0.644. The first kappa shape index (κ1) is 25.4. The van der Waals surface area contributed by atoms with Gasteiger partial charge < -0.3 is 24.8 Å². The number of hydrogen-bond donors (Lipinski definition) is 0. The van der Waals surface area contributed by atoms with Crippen LogP contribution in [0.15, 0.2) is 47.6 Å². The Morgan fingerprint density at radius 3 is 1.40 bits per heavy atom. The van der Waals surface area contributed by atoms with E-state index in [1.54, 1.807) is 11.1 Å². The summed E-state index contributed by atoms with van der Waals surface area (Å²) in [6.07, 6.45) is 25.9. The van der Waals surface area contributed by atoms with Crippen molar-refractivity contribution in [3.05, 3.63) is 47.6 Å². The van der Waals surface area contributed by atoms with Crippen molar-refractivity contribution in [2.75, 3.05) is 0 Å². The first-order chi connectivity index (χ1) is 11.1. The number of rotatable bonds is 10. The van der Waals surface area contributed by atoms with Crippen molar-refractivity contribution in [2.24, 2.45) is 0 Å². The van der Waals surface area contributed by atoms with Crippen LogP contribution >= 0.6 is 0 Å². The SMILES string of the molecule is CCCC1=C[C](CCC)([Zr+2][C]2(CCC)C=CC(CCC)=C2)C=C1.[Cl-].[Cl-]. The van der Waals surface area contributed by atoms with Gasteiger partial charge in [-0.2, -0.15) is 0 Å². The van der Waals surface area contributed by atoms with Crippen LogP contribution in [0.1, 0.15) is 79.1 Å². The first-order valence-electron chi connectivity index (χ1n) is 9.72. The van der Waals surface area contributed by atoms with Gasteiger partial charge in [0.2, 0.25) is 0 Å².